The standard InChI is InChI=1S/C30H31NO6S/c1-5-37-27(33)22-10-12-29(18-22)26-17-24(32)11-13-30(26,23-15-20(3)14-21(4)16-23)31(28(29)34)38(35,36)25-8-6-19(2)7-9-25/h6-11,13-16,26H,5,12,17-18H2,1-4H3/t26-,29+,30+/m1/s1. The van der Waals surface area contributed by atoms with Crippen molar-refractivity contribution in [1.29, 1.82) is 0 Å². The van der Waals surface area contributed by atoms with E-state index in [2.05, 4.69) is 0 Å². The van der Waals surface area contributed by atoms with Crippen molar-refractivity contribution in [3.8, 4) is 0 Å². The molecule has 1 heterocycles. The molecule has 1 amide bonds. The van der Waals surface area contributed by atoms with Gasteiger partial charge in [-0.15, -0.1) is 0 Å². The Bertz CT molecular complexity index is 1500. The van der Waals surface area contributed by atoms with Gasteiger partial charge in [-0.1, -0.05) is 53.1 Å². The molecule has 1 aliphatic heterocycles. The number of fused-ring (bicyclic) bond motifs is 2. The van der Waals surface area contributed by atoms with Crippen LogP contribution in [0.2, 0.25) is 0 Å². The van der Waals surface area contributed by atoms with Crippen molar-refractivity contribution in [3.63, 3.8) is 0 Å². The fourth-order valence-corrected chi connectivity index (χ4v) is 8.23. The van der Waals surface area contributed by atoms with Crippen LogP contribution in [-0.4, -0.2) is 37.0 Å². The first-order valence-electron chi connectivity index (χ1n) is 12.8. The van der Waals surface area contributed by atoms with E-state index in [0.29, 0.717) is 11.1 Å². The van der Waals surface area contributed by atoms with Gasteiger partial charge in [0, 0.05) is 17.9 Å². The van der Waals surface area contributed by atoms with Crippen LogP contribution in [0.5, 0.6) is 0 Å². The molecule has 38 heavy (non-hydrogen) atoms. The molecule has 0 saturated carbocycles. The van der Waals surface area contributed by atoms with Crippen molar-refractivity contribution < 1.29 is 27.5 Å². The number of carbonyl (C=O) groups is 3. The van der Waals surface area contributed by atoms with Crippen molar-refractivity contribution in [2.45, 2.75) is 57.4 Å². The van der Waals surface area contributed by atoms with E-state index in [-0.39, 0.29) is 36.5 Å². The predicted octanol–water partition coefficient (Wildman–Crippen LogP) is 4.45. The molecule has 1 fully saturated rings. The third-order valence-corrected chi connectivity index (χ3v) is 9.89. The maximum absolute atomic E-state index is 14.6. The lowest BCUT2D eigenvalue weighted by Gasteiger charge is -2.43. The van der Waals surface area contributed by atoms with E-state index < -0.39 is 38.8 Å². The number of ketones is 1. The summed E-state index contributed by atoms with van der Waals surface area (Å²) in [7, 11) is -4.35. The third-order valence-electron chi connectivity index (χ3n) is 8.07. The monoisotopic (exact) mass is 533 g/mol. The fraction of sp³-hybridized carbons (Fsp3) is 0.367. The second-order valence-electron chi connectivity index (χ2n) is 10.6. The van der Waals surface area contributed by atoms with E-state index in [0.717, 1.165) is 21.0 Å². The van der Waals surface area contributed by atoms with Gasteiger partial charge in [0.25, 0.3) is 10.0 Å². The summed E-state index contributed by atoms with van der Waals surface area (Å²) in [4.78, 5) is 40.1. The van der Waals surface area contributed by atoms with Crippen LogP contribution in [0.3, 0.4) is 0 Å². The molecular formula is C30H31NO6S. The SMILES string of the molecule is CCOC(=O)C1=CC[C@@]2(C1)C(=O)N(S(=O)(=O)c1ccc(C)cc1)[C@]1(c3cc(C)cc(C)c3)C=CC(=O)C[C@H]21. The highest BCUT2D eigenvalue weighted by molar-refractivity contribution is 7.89. The van der Waals surface area contributed by atoms with Crippen LogP contribution in [-0.2, 0) is 34.7 Å². The molecule has 0 aromatic heterocycles. The molecule has 8 heteroatoms. The van der Waals surface area contributed by atoms with Crippen LogP contribution >= 0.6 is 0 Å². The topological polar surface area (TPSA) is 97.8 Å². The molecule has 0 bridgehead atoms. The zero-order valence-corrected chi connectivity index (χ0v) is 22.8. The quantitative estimate of drug-likeness (QED) is 0.527. The lowest BCUT2D eigenvalue weighted by molar-refractivity contribution is -0.139. The van der Waals surface area contributed by atoms with Gasteiger partial charge >= 0.3 is 5.97 Å². The Hall–Kier alpha value is -3.52. The van der Waals surface area contributed by atoms with Crippen LogP contribution in [0.15, 0.2) is 71.2 Å². The number of hydrogen-bond donors (Lipinski definition) is 0. The minimum Gasteiger partial charge on any atom is -0.463 e. The maximum atomic E-state index is 14.6. The van der Waals surface area contributed by atoms with Crippen LogP contribution in [0.4, 0.5) is 0 Å². The number of allylic oxidation sites excluding steroid dienone is 2. The Balaban J connectivity index is 1.78. The smallest absolute Gasteiger partial charge is 0.333 e. The number of nitrogens with zero attached hydrogens (tertiary/aromatic N) is 1. The van der Waals surface area contributed by atoms with Crippen LogP contribution in [0.25, 0.3) is 0 Å². The number of esters is 1. The van der Waals surface area contributed by atoms with Crippen molar-refractivity contribution in [2.24, 2.45) is 11.3 Å². The van der Waals surface area contributed by atoms with Gasteiger partial charge in [-0.2, -0.15) is 0 Å². The summed E-state index contributed by atoms with van der Waals surface area (Å²) < 4.78 is 35.0. The van der Waals surface area contributed by atoms with E-state index in [9.17, 15) is 22.8 Å². The van der Waals surface area contributed by atoms with Gasteiger partial charge < -0.3 is 4.74 Å². The molecule has 0 unspecified atom stereocenters. The van der Waals surface area contributed by atoms with Gasteiger partial charge in [0.2, 0.25) is 5.91 Å². The second kappa shape index (κ2) is 9.05. The largest absolute Gasteiger partial charge is 0.463 e. The molecular weight excluding hydrogens is 502 g/mol. The molecule has 3 atom stereocenters. The van der Waals surface area contributed by atoms with Gasteiger partial charge in [0.15, 0.2) is 5.78 Å². The van der Waals surface area contributed by atoms with Crippen molar-refractivity contribution >= 4 is 27.7 Å². The normalized spacial score (nSPS) is 26.6. The molecule has 198 valence electrons. The zero-order chi connectivity index (χ0) is 27.5. The molecule has 2 aromatic carbocycles. The number of sulfonamides is 1. The van der Waals surface area contributed by atoms with Gasteiger partial charge in [-0.25, -0.2) is 17.5 Å². The number of benzene rings is 2. The lowest BCUT2D eigenvalue weighted by atomic mass is 9.62. The number of rotatable bonds is 5. The molecule has 1 saturated heterocycles. The Morgan fingerprint density at radius 3 is 2.32 bits per heavy atom. The van der Waals surface area contributed by atoms with Gasteiger partial charge in [-0.05, 0) is 70.4 Å². The highest BCUT2D eigenvalue weighted by Crippen LogP contribution is 2.64. The molecule has 7 nitrogen and oxygen atoms in total. The summed E-state index contributed by atoms with van der Waals surface area (Å²) in [5, 5.41) is 0. The summed E-state index contributed by atoms with van der Waals surface area (Å²) in [6, 6.07) is 12.1. The van der Waals surface area contributed by atoms with E-state index in [1.807, 2.05) is 39.0 Å². The zero-order valence-electron chi connectivity index (χ0n) is 22.0. The summed E-state index contributed by atoms with van der Waals surface area (Å²) >= 11 is 0. The molecule has 3 aliphatic rings. The predicted molar refractivity (Wildman–Crippen MR) is 141 cm³/mol. The number of carbonyl (C=O) groups excluding carboxylic acids is 3. The van der Waals surface area contributed by atoms with E-state index in [4.69, 9.17) is 4.74 Å². The minimum atomic E-state index is -4.35. The first-order chi connectivity index (χ1) is 18.0. The van der Waals surface area contributed by atoms with Crippen LogP contribution in [0, 0.1) is 32.1 Å². The Kier molecular flexibility index (Phi) is 6.21. The summed E-state index contributed by atoms with van der Waals surface area (Å²) in [5.41, 5.74) is 0.978. The van der Waals surface area contributed by atoms with Crippen LogP contribution in [0.1, 0.15) is 48.4 Å². The average molecular weight is 534 g/mol. The number of hydrogen-bond acceptors (Lipinski definition) is 6. The van der Waals surface area contributed by atoms with Crippen molar-refractivity contribution in [2.75, 3.05) is 6.61 Å². The fourth-order valence-electron chi connectivity index (χ4n) is 6.45. The Morgan fingerprint density at radius 2 is 1.68 bits per heavy atom. The maximum Gasteiger partial charge on any atom is 0.333 e. The minimum absolute atomic E-state index is 0.00197. The number of aryl methyl sites for hydroxylation is 3. The Labute approximate surface area is 223 Å². The van der Waals surface area contributed by atoms with Gasteiger partial charge in [-0.3, -0.25) is 9.59 Å². The van der Waals surface area contributed by atoms with Crippen molar-refractivity contribution in [3.05, 3.63) is 88.5 Å². The van der Waals surface area contributed by atoms with E-state index >= 15 is 0 Å². The lowest BCUT2D eigenvalue weighted by Crippen LogP contribution is -2.50. The highest BCUT2D eigenvalue weighted by atomic mass is 32.2. The molecule has 0 N–H and O–H groups in total. The first kappa shape index (κ1) is 26.1. The van der Waals surface area contributed by atoms with Crippen molar-refractivity contribution in [1.82, 2.24) is 4.31 Å². The van der Waals surface area contributed by atoms with Gasteiger partial charge in [0.1, 0.15) is 5.54 Å². The molecule has 1 spiro atoms. The second-order valence-corrected chi connectivity index (χ2v) is 12.4. The van der Waals surface area contributed by atoms with E-state index in [1.54, 1.807) is 31.2 Å². The van der Waals surface area contributed by atoms with Gasteiger partial charge in [0.05, 0.1) is 16.9 Å². The third kappa shape index (κ3) is 3.76. The van der Waals surface area contributed by atoms with Crippen LogP contribution < -0.4 is 0 Å². The Morgan fingerprint density at radius 1 is 1.03 bits per heavy atom. The molecule has 2 aliphatic carbocycles. The first-order valence-corrected chi connectivity index (χ1v) is 14.2. The average Bonchev–Trinajstić information content (AvgIpc) is 3.39. The summed E-state index contributed by atoms with van der Waals surface area (Å²) in [6.07, 6.45) is 4.82. The van der Waals surface area contributed by atoms with E-state index in [1.165, 1.54) is 18.2 Å². The summed E-state index contributed by atoms with van der Waals surface area (Å²) in [6.45, 7) is 7.58. The number of ether oxygens (including phenoxy) is 1. The highest BCUT2D eigenvalue weighted by Gasteiger charge is 2.71. The summed E-state index contributed by atoms with van der Waals surface area (Å²) in [5.74, 6) is -2.00. The molecule has 2 aromatic rings. The molecule has 5 rings (SSSR count). The number of amides is 1. The molecule has 0 radical (unpaired) electrons.